The lowest BCUT2D eigenvalue weighted by atomic mass is 10.1. The summed E-state index contributed by atoms with van der Waals surface area (Å²) in [5, 5.41) is 35.0. The molecule has 0 fully saturated rings. The number of nitrogens with one attached hydrogen (secondary N) is 1. The van der Waals surface area contributed by atoms with Gasteiger partial charge in [-0.3, -0.25) is 0 Å². The molecule has 11 heteroatoms. The smallest absolute Gasteiger partial charge is 0.326 e. The molecule has 2 atom stereocenters. The van der Waals surface area contributed by atoms with Crippen LogP contribution in [0.2, 0.25) is 0 Å². The van der Waals surface area contributed by atoms with Crippen LogP contribution in [0.3, 0.4) is 0 Å². The minimum absolute atomic E-state index is 0.00366. The number of nitrogens with zero attached hydrogens (tertiary/aromatic N) is 3. The Labute approximate surface area is 208 Å². The SMILES string of the molecule is CCCCN(Cc1nc(C(N)Cc2ccc(O)cc2)no1)C(=O)NC(Cc1ccc(O)cc1)C(=O)O. The molecule has 0 saturated heterocycles. The molecule has 6 N–H and O–H groups in total. The summed E-state index contributed by atoms with van der Waals surface area (Å²) in [5.74, 6) is -0.477. The fraction of sp³-hybridized carbons (Fsp3) is 0.360. The Hall–Kier alpha value is -4.12. The van der Waals surface area contributed by atoms with Gasteiger partial charge in [0.05, 0.1) is 6.04 Å². The van der Waals surface area contributed by atoms with Crippen molar-refractivity contribution in [3.05, 3.63) is 71.4 Å². The van der Waals surface area contributed by atoms with Gasteiger partial charge in [-0.15, -0.1) is 0 Å². The Kier molecular flexibility index (Phi) is 9.23. The fourth-order valence-electron chi connectivity index (χ4n) is 3.53. The van der Waals surface area contributed by atoms with Gasteiger partial charge in [-0.05, 0) is 48.2 Å². The second kappa shape index (κ2) is 12.5. The van der Waals surface area contributed by atoms with Crippen LogP contribution in [-0.2, 0) is 24.2 Å². The molecule has 36 heavy (non-hydrogen) atoms. The minimum atomic E-state index is -1.17. The maximum absolute atomic E-state index is 13.0. The Morgan fingerprint density at radius 3 is 2.17 bits per heavy atom. The topological polar surface area (TPSA) is 175 Å². The zero-order valence-electron chi connectivity index (χ0n) is 20.0. The first kappa shape index (κ1) is 26.5. The van der Waals surface area contributed by atoms with E-state index < -0.39 is 24.1 Å². The lowest BCUT2D eigenvalue weighted by Crippen LogP contribution is -2.49. The van der Waals surface area contributed by atoms with Gasteiger partial charge in [-0.25, -0.2) is 9.59 Å². The molecule has 1 heterocycles. The summed E-state index contributed by atoms with van der Waals surface area (Å²) < 4.78 is 5.32. The van der Waals surface area contributed by atoms with Crippen molar-refractivity contribution < 1.29 is 29.4 Å². The lowest BCUT2D eigenvalue weighted by molar-refractivity contribution is -0.139. The standard InChI is InChI=1S/C25H31N5O6/c1-2-3-12-30(25(35)27-21(24(33)34)14-17-6-10-19(32)11-7-17)15-22-28-23(29-36-22)20(26)13-16-4-8-18(31)9-5-16/h4-11,20-21,31-32H,2-3,12-15,26H2,1H3,(H,27,35)(H,33,34). The average molecular weight is 498 g/mol. The van der Waals surface area contributed by atoms with Gasteiger partial charge >= 0.3 is 12.0 Å². The molecular weight excluding hydrogens is 466 g/mol. The molecule has 2 unspecified atom stereocenters. The number of hydrogen-bond donors (Lipinski definition) is 5. The van der Waals surface area contributed by atoms with Crippen LogP contribution in [0.5, 0.6) is 11.5 Å². The monoisotopic (exact) mass is 497 g/mol. The van der Waals surface area contributed by atoms with Crippen LogP contribution in [0.4, 0.5) is 4.79 Å². The Bertz CT molecular complexity index is 1130. The van der Waals surface area contributed by atoms with E-state index in [1.54, 1.807) is 36.4 Å². The number of carboxylic acid groups (broad SMARTS) is 1. The lowest BCUT2D eigenvalue weighted by Gasteiger charge is -2.24. The Balaban J connectivity index is 1.65. The number of urea groups is 1. The van der Waals surface area contributed by atoms with Gasteiger partial charge in [-0.2, -0.15) is 4.98 Å². The summed E-state index contributed by atoms with van der Waals surface area (Å²) >= 11 is 0. The number of carbonyl (C=O) groups is 2. The Morgan fingerprint density at radius 2 is 1.61 bits per heavy atom. The predicted molar refractivity (Wildman–Crippen MR) is 130 cm³/mol. The molecule has 1 aromatic heterocycles. The van der Waals surface area contributed by atoms with Crippen molar-refractivity contribution in [2.75, 3.05) is 6.54 Å². The predicted octanol–water partition coefficient (Wildman–Crippen LogP) is 2.73. The summed E-state index contributed by atoms with van der Waals surface area (Å²) in [6.07, 6.45) is 2.01. The van der Waals surface area contributed by atoms with Gasteiger partial charge in [0.1, 0.15) is 24.1 Å². The van der Waals surface area contributed by atoms with E-state index in [-0.39, 0.29) is 36.2 Å². The molecule has 0 radical (unpaired) electrons. The highest BCUT2D eigenvalue weighted by molar-refractivity contribution is 5.82. The molecule has 0 aliphatic rings. The van der Waals surface area contributed by atoms with Crippen LogP contribution in [0.15, 0.2) is 53.1 Å². The molecule has 0 aliphatic carbocycles. The van der Waals surface area contributed by atoms with E-state index in [9.17, 15) is 24.9 Å². The van der Waals surface area contributed by atoms with Crippen molar-refractivity contribution in [1.29, 1.82) is 0 Å². The molecular formula is C25H31N5O6. The number of aromatic hydroxyl groups is 2. The van der Waals surface area contributed by atoms with Crippen LogP contribution >= 0.6 is 0 Å². The van der Waals surface area contributed by atoms with Gasteiger partial charge in [0.15, 0.2) is 5.82 Å². The van der Waals surface area contributed by atoms with E-state index in [0.29, 0.717) is 24.9 Å². The normalized spacial score (nSPS) is 12.6. The van der Waals surface area contributed by atoms with E-state index in [0.717, 1.165) is 12.0 Å². The van der Waals surface area contributed by atoms with Crippen LogP contribution in [0.25, 0.3) is 0 Å². The van der Waals surface area contributed by atoms with Crippen molar-refractivity contribution in [3.8, 4) is 11.5 Å². The van der Waals surface area contributed by atoms with Gasteiger partial charge in [0, 0.05) is 13.0 Å². The Morgan fingerprint density at radius 1 is 1.03 bits per heavy atom. The van der Waals surface area contributed by atoms with E-state index in [2.05, 4.69) is 15.5 Å². The maximum atomic E-state index is 13.0. The molecule has 2 aromatic carbocycles. The van der Waals surface area contributed by atoms with Gasteiger partial charge in [0.25, 0.3) is 0 Å². The molecule has 3 aromatic rings. The van der Waals surface area contributed by atoms with Crippen molar-refractivity contribution >= 4 is 12.0 Å². The summed E-state index contributed by atoms with van der Waals surface area (Å²) in [6, 6.07) is 10.5. The molecule has 0 spiro atoms. The van der Waals surface area contributed by atoms with E-state index in [4.69, 9.17) is 10.3 Å². The number of phenolic OH excluding ortho intramolecular Hbond substituents is 2. The molecule has 11 nitrogen and oxygen atoms in total. The van der Waals surface area contributed by atoms with Crippen LogP contribution < -0.4 is 11.1 Å². The highest BCUT2D eigenvalue weighted by atomic mass is 16.5. The van der Waals surface area contributed by atoms with Crippen molar-refractivity contribution in [2.45, 2.75) is 51.2 Å². The highest BCUT2D eigenvalue weighted by Gasteiger charge is 2.25. The number of nitrogens with two attached hydrogens (primary N) is 1. The number of hydrogen-bond acceptors (Lipinski definition) is 8. The molecule has 3 rings (SSSR count). The largest absolute Gasteiger partial charge is 0.508 e. The summed E-state index contributed by atoms with van der Waals surface area (Å²) in [4.78, 5) is 30.6. The number of rotatable bonds is 12. The average Bonchev–Trinajstić information content (AvgIpc) is 3.32. The van der Waals surface area contributed by atoms with E-state index >= 15 is 0 Å². The van der Waals surface area contributed by atoms with E-state index in [1.807, 2.05) is 6.92 Å². The molecule has 0 aliphatic heterocycles. The van der Waals surface area contributed by atoms with Crippen molar-refractivity contribution in [1.82, 2.24) is 20.4 Å². The number of aromatic nitrogens is 2. The first-order valence-electron chi connectivity index (χ1n) is 11.7. The van der Waals surface area contributed by atoms with Crippen LogP contribution in [0.1, 0.15) is 48.6 Å². The zero-order valence-corrected chi connectivity index (χ0v) is 20.0. The molecule has 2 amide bonds. The third kappa shape index (κ3) is 7.70. The van der Waals surface area contributed by atoms with Crippen molar-refractivity contribution in [3.63, 3.8) is 0 Å². The summed E-state index contributed by atoms with van der Waals surface area (Å²) in [7, 11) is 0. The molecule has 0 bridgehead atoms. The number of benzene rings is 2. The number of aliphatic carboxylic acids is 1. The number of amides is 2. The first-order valence-corrected chi connectivity index (χ1v) is 11.7. The summed E-state index contributed by atoms with van der Waals surface area (Å²) in [6.45, 7) is 2.34. The molecule has 0 saturated carbocycles. The summed E-state index contributed by atoms with van der Waals surface area (Å²) in [5.41, 5.74) is 7.76. The number of phenols is 2. The highest BCUT2D eigenvalue weighted by Crippen LogP contribution is 2.17. The quantitative estimate of drug-likeness (QED) is 0.252. The number of carbonyl (C=O) groups excluding carboxylic acids is 1. The van der Waals surface area contributed by atoms with Crippen LogP contribution in [0, 0.1) is 0 Å². The van der Waals surface area contributed by atoms with Gasteiger partial charge < -0.3 is 35.8 Å². The van der Waals surface area contributed by atoms with Crippen LogP contribution in [-0.4, -0.2) is 54.9 Å². The van der Waals surface area contributed by atoms with Crippen molar-refractivity contribution in [2.24, 2.45) is 5.73 Å². The number of carboxylic acids is 1. The first-order chi connectivity index (χ1) is 17.2. The maximum Gasteiger partial charge on any atom is 0.326 e. The van der Waals surface area contributed by atoms with Gasteiger partial charge in [-0.1, -0.05) is 42.8 Å². The third-order valence-corrected chi connectivity index (χ3v) is 5.57. The minimum Gasteiger partial charge on any atom is -0.508 e. The zero-order chi connectivity index (χ0) is 26.1. The second-order valence-electron chi connectivity index (χ2n) is 8.51. The fourth-order valence-corrected chi connectivity index (χ4v) is 3.53. The second-order valence-corrected chi connectivity index (χ2v) is 8.51. The number of unbranched alkanes of at least 4 members (excludes halogenated alkanes) is 1. The molecule has 192 valence electrons. The van der Waals surface area contributed by atoms with Gasteiger partial charge in [0.2, 0.25) is 5.89 Å². The van der Waals surface area contributed by atoms with E-state index in [1.165, 1.54) is 17.0 Å². The third-order valence-electron chi connectivity index (χ3n) is 5.57.